The number of ether oxygens (including phenoxy) is 2. The van der Waals surface area contributed by atoms with Gasteiger partial charge in [0.1, 0.15) is 11.5 Å². The fourth-order valence-electron chi connectivity index (χ4n) is 1.64. The Balaban J connectivity index is 3.22. The molecule has 4 heteroatoms. The lowest BCUT2D eigenvalue weighted by molar-refractivity contribution is 0.122. The molecule has 0 bridgehead atoms. The lowest BCUT2D eigenvalue weighted by Crippen LogP contribution is -2.04. The standard InChI is InChI=1S/C12H19NO3/c1-8(2)10-6-11(14-3)9(7-16-13)5-12(10)15-4/h5-6,8H,7,13H2,1-4H3. The first-order chi connectivity index (χ1) is 7.63. The van der Waals surface area contributed by atoms with Crippen molar-refractivity contribution in [1.82, 2.24) is 0 Å². The van der Waals surface area contributed by atoms with Gasteiger partial charge in [0, 0.05) is 11.1 Å². The summed E-state index contributed by atoms with van der Waals surface area (Å²) < 4.78 is 10.6. The molecule has 0 unspecified atom stereocenters. The predicted octanol–water partition coefficient (Wildman–Crippen LogP) is 2.22. The molecular weight excluding hydrogens is 206 g/mol. The minimum absolute atomic E-state index is 0.303. The topological polar surface area (TPSA) is 53.7 Å². The summed E-state index contributed by atoms with van der Waals surface area (Å²) in [7, 11) is 3.28. The second kappa shape index (κ2) is 5.72. The summed E-state index contributed by atoms with van der Waals surface area (Å²) >= 11 is 0. The SMILES string of the molecule is COc1cc(C(C)C)c(OC)cc1CON. The average molecular weight is 225 g/mol. The molecular formula is C12H19NO3. The summed E-state index contributed by atoms with van der Waals surface area (Å²) in [5.74, 6) is 7.06. The highest BCUT2D eigenvalue weighted by Crippen LogP contribution is 2.33. The third kappa shape index (κ3) is 2.65. The molecule has 0 radical (unpaired) electrons. The lowest BCUT2D eigenvalue weighted by atomic mass is 9.99. The summed E-state index contributed by atoms with van der Waals surface area (Å²) in [5.41, 5.74) is 1.99. The largest absolute Gasteiger partial charge is 0.496 e. The molecule has 0 aromatic heterocycles. The number of methoxy groups -OCH3 is 2. The van der Waals surface area contributed by atoms with Gasteiger partial charge in [0.15, 0.2) is 0 Å². The quantitative estimate of drug-likeness (QED) is 0.781. The first-order valence-corrected chi connectivity index (χ1v) is 5.20. The van der Waals surface area contributed by atoms with Gasteiger partial charge in [-0.05, 0) is 18.1 Å². The van der Waals surface area contributed by atoms with Crippen molar-refractivity contribution in [3.63, 3.8) is 0 Å². The molecule has 1 rings (SSSR count). The van der Waals surface area contributed by atoms with Crippen molar-refractivity contribution in [3.8, 4) is 11.5 Å². The van der Waals surface area contributed by atoms with Gasteiger partial charge < -0.3 is 9.47 Å². The lowest BCUT2D eigenvalue weighted by Gasteiger charge is -2.16. The van der Waals surface area contributed by atoms with Crippen molar-refractivity contribution in [1.29, 1.82) is 0 Å². The van der Waals surface area contributed by atoms with Crippen molar-refractivity contribution in [2.45, 2.75) is 26.4 Å². The highest BCUT2D eigenvalue weighted by atomic mass is 16.6. The van der Waals surface area contributed by atoms with Crippen LogP contribution >= 0.6 is 0 Å². The molecule has 0 saturated carbocycles. The molecule has 1 aromatic carbocycles. The van der Waals surface area contributed by atoms with E-state index in [-0.39, 0.29) is 0 Å². The summed E-state index contributed by atoms with van der Waals surface area (Å²) in [6.07, 6.45) is 0. The Hall–Kier alpha value is -1.26. The van der Waals surface area contributed by atoms with Gasteiger partial charge in [-0.2, -0.15) is 0 Å². The van der Waals surface area contributed by atoms with Crippen LogP contribution in [0.2, 0.25) is 0 Å². The Labute approximate surface area is 96.3 Å². The van der Waals surface area contributed by atoms with Gasteiger partial charge in [0.2, 0.25) is 0 Å². The van der Waals surface area contributed by atoms with Crippen molar-refractivity contribution in [3.05, 3.63) is 23.3 Å². The third-order valence-electron chi connectivity index (χ3n) is 2.49. The number of nitrogens with two attached hydrogens (primary N) is 1. The molecule has 0 atom stereocenters. The van der Waals surface area contributed by atoms with Crippen LogP contribution < -0.4 is 15.4 Å². The molecule has 0 aliphatic heterocycles. The molecule has 0 heterocycles. The maximum absolute atomic E-state index is 5.34. The predicted molar refractivity (Wildman–Crippen MR) is 62.6 cm³/mol. The summed E-state index contributed by atoms with van der Waals surface area (Å²) in [6, 6.07) is 3.87. The van der Waals surface area contributed by atoms with E-state index in [1.807, 2.05) is 12.1 Å². The van der Waals surface area contributed by atoms with Gasteiger partial charge in [-0.1, -0.05) is 13.8 Å². The van der Waals surface area contributed by atoms with E-state index in [1.165, 1.54) is 0 Å². The zero-order chi connectivity index (χ0) is 12.1. The molecule has 0 spiro atoms. The van der Waals surface area contributed by atoms with E-state index in [2.05, 4.69) is 18.7 Å². The highest BCUT2D eigenvalue weighted by Gasteiger charge is 2.13. The van der Waals surface area contributed by atoms with Gasteiger partial charge in [-0.25, -0.2) is 5.90 Å². The van der Waals surface area contributed by atoms with Gasteiger partial charge in [-0.3, -0.25) is 4.84 Å². The van der Waals surface area contributed by atoms with Crippen LogP contribution in [0.4, 0.5) is 0 Å². The molecule has 0 amide bonds. The minimum Gasteiger partial charge on any atom is -0.496 e. The summed E-state index contributed by atoms with van der Waals surface area (Å²) in [6.45, 7) is 4.52. The molecule has 2 N–H and O–H groups in total. The number of benzene rings is 1. The molecule has 1 aromatic rings. The van der Waals surface area contributed by atoms with Crippen molar-refractivity contribution in [2.75, 3.05) is 14.2 Å². The highest BCUT2D eigenvalue weighted by molar-refractivity contribution is 5.47. The van der Waals surface area contributed by atoms with E-state index >= 15 is 0 Å². The Kier molecular flexibility index (Phi) is 4.58. The molecule has 0 aliphatic rings. The van der Waals surface area contributed by atoms with Gasteiger partial charge in [0.05, 0.1) is 20.8 Å². The van der Waals surface area contributed by atoms with Gasteiger partial charge >= 0.3 is 0 Å². The number of rotatable bonds is 5. The Morgan fingerprint density at radius 2 is 1.75 bits per heavy atom. The zero-order valence-electron chi connectivity index (χ0n) is 10.2. The van der Waals surface area contributed by atoms with E-state index in [4.69, 9.17) is 15.4 Å². The maximum Gasteiger partial charge on any atom is 0.125 e. The van der Waals surface area contributed by atoms with E-state index in [0.717, 1.165) is 22.6 Å². The van der Waals surface area contributed by atoms with Crippen LogP contribution in [0.25, 0.3) is 0 Å². The smallest absolute Gasteiger partial charge is 0.125 e. The van der Waals surface area contributed by atoms with Crippen molar-refractivity contribution >= 4 is 0 Å². The van der Waals surface area contributed by atoms with Gasteiger partial charge in [-0.15, -0.1) is 0 Å². The Morgan fingerprint density at radius 3 is 2.19 bits per heavy atom. The second-order valence-electron chi connectivity index (χ2n) is 3.87. The molecule has 0 aliphatic carbocycles. The van der Waals surface area contributed by atoms with E-state index in [0.29, 0.717) is 12.5 Å². The first-order valence-electron chi connectivity index (χ1n) is 5.20. The van der Waals surface area contributed by atoms with Crippen LogP contribution in [0.5, 0.6) is 11.5 Å². The average Bonchev–Trinajstić information content (AvgIpc) is 2.28. The van der Waals surface area contributed by atoms with Crippen molar-refractivity contribution < 1.29 is 14.3 Å². The normalized spacial score (nSPS) is 10.6. The Bertz CT molecular complexity index is 350. The van der Waals surface area contributed by atoms with Crippen LogP contribution in [0, 0.1) is 0 Å². The fourth-order valence-corrected chi connectivity index (χ4v) is 1.64. The van der Waals surface area contributed by atoms with Crippen LogP contribution in [-0.4, -0.2) is 14.2 Å². The minimum atomic E-state index is 0.303. The number of hydrogen-bond acceptors (Lipinski definition) is 4. The van der Waals surface area contributed by atoms with Gasteiger partial charge in [0.25, 0.3) is 0 Å². The first kappa shape index (κ1) is 12.8. The monoisotopic (exact) mass is 225 g/mol. The van der Waals surface area contributed by atoms with Crippen LogP contribution in [0.1, 0.15) is 30.9 Å². The van der Waals surface area contributed by atoms with Crippen LogP contribution in [-0.2, 0) is 11.4 Å². The van der Waals surface area contributed by atoms with E-state index < -0.39 is 0 Å². The molecule has 0 saturated heterocycles. The van der Waals surface area contributed by atoms with E-state index in [1.54, 1.807) is 14.2 Å². The third-order valence-corrected chi connectivity index (χ3v) is 2.49. The molecule has 4 nitrogen and oxygen atoms in total. The Morgan fingerprint density at radius 1 is 1.12 bits per heavy atom. The van der Waals surface area contributed by atoms with Crippen LogP contribution in [0.3, 0.4) is 0 Å². The fraction of sp³-hybridized carbons (Fsp3) is 0.500. The zero-order valence-corrected chi connectivity index (χ0v) is 10.2. The maximum atomic E-state index is 5.34. The summed E-state index contributed by atoms with van der Waals surface area (Å²) in [5, 5.41) is 0. The number of hydrogen-bond donors (Lipinski definition) is 1. The van der Waals surface area contributed by atoms with E-state index in [9.17, 15) is 0 Å². The molecule has 90 valence electrons. The summed E-state index contributed by atoms with van der Waals surface area (Å²) in [4.78, 5) is 4.63. The van der Waals surface area contributed by atoms with Crippen molar-refractivity contribution in [2.24, 2.45) is 5.90 Å². The second-order valence-corrected chi connectivity index (χ2v) is 3.87. The molecule has 16 heavy (non-hydrogen) atoms. The molecule has 0 fully saturated rings. The van der Waals surface area contributed by atoms with Crippen LogP contribution in [0.15, 0.2) is 12.1 Å².